The molecule has 0 saturated carbocycles. The monoisotopic (exact) mass is 370 g/mol. The Hall–Kier alpha value is -1.71. The van der Waals surface area contributed by atoms with Crippen molar-refractivity contribution in [1.29, 1.82) is 0 Å². The molecule has 0 radical (unpaired) electrons. The number of fused-ring (bicyclic) bond motifs is 1. The SMILES string of the molecule is C/C1=C\N=C(c2ccc(Cl)cc2)c2c(sc(C)c2C)C(C)C(C)C=N1. The van der Waals surface area contributed by atoms with Crippen LogP contribution in [0.5, 0.6) is 0 Å². The second kappa shape index (κ2) is 7.27. The smallest absolute Gasteiger partial charge is 0.0789 e. The Morgan fingerprint density at radius 3 is 2.40 bits per heavy atom. The minimum atomic E-state index is 0.365. The van der Waals surface area contributed by atoms with Gasteiger partial charge in [0, 0.05) is 38.3 Å². The maximum absolute atomic E-state index is 6.09. The number of hydrogen-bond acceptors (Lipinski definition) is 3. The summed E-state index contributed by atoms with van der Waals surface area (Å²) in [6, 6.07) is 7.94. The first-order valence-electron chi connectivity index (χ1n) is 8.53. The van der Waals surface area contributed by atoms with E-state index in [1.807, 2.05) is 54.9 Å². The second-order valence-electron chi connectivity index (χ2n) is 6.70. The zero-order valence-corrected chi connectivity index (χ0v) is 16.9. The van der Waals surface area contributed by atoms with Crippen LogP contribution in [0.15, 0.2) is 46.1 Å². The zero-order chi connectivity index (χ0) is 18.1. The number of rotatable bonds is 1. The van der Waals surface area contributed by atoms with Gasteiger partial charge in [-0.15, -0.1) is 11.3 Å². The number of hydrogen-bond donors (Lipinski definition) is 0. The number of allylic oxidation sites excluding steroid dienone is 1. The lowest BCUT2D eigenvalue weighted by atomic mass is 9.88. The molecule has 2 atom stereocenters. The molecule has 1 aliphatic heterocycles. The van der Waals surface area contributed by atoms with Crippen LogP contribution in [0.25, 0.3) is 0 Å². The summed E-state index contributed by atoms with van der Waals surface area (Å²) in [6.07, 6.45) is 3.91. The average molecular weight is 371 g/mol. The number of benzene rings is 1. The zero-order valence-electron chi connectivity index (χ0n) is 15.3. The summed E-state index contributed by atoms with van der Waals surface area (Å²) in [7, 11) is 0. The summed E-state index contributed by atoms with van der Waals surface area (Å²) in [6.45, 7) is 10.9. The van der Waals surface area contributed by atoms with Crippen molar-refractivity contribution in [3.05, 3.63) is 67.6 Å². The maximum Gasteiger partial charge on any atom is 0.0789 e. The molecule has 2 nitrogen and oxygen atoms in total. The number of nitrogens with zero attached hydrogens (tertiary/aromatic N) is 2. The van der Waals surface area contributed by atoms with Gasteiger partial charge in [-0.05, 0) is 50.3 Å². The quantitative estimate of drug-likeness (QED) is 0.544. The van der Waals surface area contributed by atoms with Crippen LogP contribution in [-0.2, 0) is 0 Å². The average Bonchev–Trinajstić information content (AvgIpc) is 2.88. The highest BCUT2D eigenvalue weighted by Gasteiger charge is 2.25. The van der Waals surface area contributed by atoms with E-state index < -0.39 is 0 Å². The van der Waals surface area contributed by atoms with Crippen LogP contribution in [0.3, 0.4) is 0 Å². The van der Waals surface area contributed by atoms with E-state index in [4.69, 9.17) is 16.6 Å². The molecule has 0 saturated heterocycles. The number of aliphatic imine (C=N–C) groups is 2. The van der Waals surface area contributed by atoms with Crippen molar-refractivity contribution in [3.8, 4) is 0 Å². The molecule has 1 aliphatic rings. The molecule has 0 spiro atoms. The van der Waals surface area contributed by atoms with E-state index in [1.165, 1.54) is 20.9 Å². The lowest BCUT2D eigenvalue weighted by Gasteiger charge is -2.19. The van der Waals surface area contributed by atoms with Gasteiger partial charge >= 0.3 is 0 Å². The van der Waals surface area contributed by atoms with Crippen molar-refractivity contribution in [1.82, 2.24) is 0 Å². The topological polar surface area (TPSA) is 24.7 Å². The number of aryl methyl sites for hydroxylation is 1. The van der Waals surface area contributed by atoms with Crippen LogP contribution in [0, 0.1) is 19.8 Å². The summed E-state index contributed by atoms with van der Waals surface area (Å²) in [5.74, 6) is 0.753. The standard InChI is InChI=1S/C21H23ClN2S/c1-12-10-23-13(2)11-24-20(17-6-8-18(22)9-7-17)19-15(4)16(5)25-21(19)14(12)3/h6-12,14H,1-5H3/b13-11+,23-10?,24-20?. The summed E-state index contributed by atoms with van der Waals surface area (Å²) in [5.41, 5.74) is 5.59. The Balaban J connectivity index is 2.30. The Labute approximate surface area is 159 Å². The van der Waals surface area contributed by atoms with Gasteiger partial charge in [0.25, 0.3) is 0 Å². The van der Waals surface area contributed by atoms with Crippen molar-refractivity contribution in [2.45, 2.75) is 40.5 Å². The van der Waals surface area contributed by atoms with Gasteiger partial charge in [-0.25, -0.2) is 0 Å². The van der Waals surface area contributed by atoms with Gasteiger partial charge in [0.15, 0.2) is 0 Å². The molecule has 1 aromatic carbocycles. The Morgan fingerprint density at radius 1 is 1.04 bits per heavy atom. The summed E-state index contributed by atoms with van der Waals surface area (Å²) >= 11 is 7.97. The molecule has 25 heavy (non-hydrogen) atoms. The van der Waals surface area contributed by atoms with Crippen molar-refractivity contribution >= 4 is 34.9 Å². The van der Waals surface area contributed by atoms with Crippen LogP contribution in [0.4, 0.5) is 0 Å². The fourth-order valence-corrected chi connectivity index (χ4v) is 4.42. The first kappa shape index (κ1) is 18.1. The molecule has 0 N–H and O–H groups in total. The number of halogens is 1. The minimum Gasteiger partial charge on any atom is -0.264 e. The van der Waals surface area contributed by atoms with Crippen molar-refractivity contribution < 1.29 is 0 Å². The van der Waals surface area contributed by atoms with Crippen molar-refractivity contribution in [3.63, 3.8) is 0 Å². The van der Waals surface area contributed by atoms with Crippen molar-refractivity contribution in [2.24, 2.45) is 15.9 Å². The highest BCUT2D eigenvalue weighted by molar-refractivity contribution is 7.12. The Bertz CT molecular complexity index is 872. The molecule has 2 heterocycles. The van der Waals surface area contributed by atoms with Gasteiger partial charge in [0.1, 0.15) is 0 Å². The fraction of sp³-hybridized carbons (Fsp3) is 0.333. The van der Waals surface area contributed by atoms with E-state index in [-0.39, 0.29) is 0 Å². The first-order valence-corrected chi connectivity index (χ1v) is 9.73. The highest BCUT2D eigenvalue weighted by Crippen LogP contribution is 2.38. The van der Waals surface area contributed by atoms with Gasteiger partial charge < -0.3 is 0 Å². The van der Waals surface area contributed by atoms with Crippen LogP contribution in [0.1, 0.15) is 53.1 Å². The predicted molar refractivity (Wildman–Crippen MR) is 111 cm³/mol. The third-order valence-corrected chi connectivity index (χ3v) is 6.52. The number of thiophene rings is 1. The molecule has 0 bridgehead atoms. The minimum absolute atomic E-state index is 0.365. The van der Waals surface area contributed by atoms with Crippen LogP contribution in [-0.4, -0.2) is 11.9 Å². The molecular formula is C21H23ClN2S. The van der Waals surface area contributed by atoms with Crippen molar-refractivity contribution in [2.75, 3.05) is 0 Å². The molecule has 4 heteroatoms. The van der Waals surface area contributed by atoms with E-state index in [0.29, 0.717) is 11.8 Å². The maximum atomic E-state index is 6.09. The predicted octanol–water partition coefficient (Wildman–Crippen LogP) is 6.54. The summed E-state index contributed by atoms with van der Waals surface area (Å²) in [5, 5.41) is 0.737. The van der Waals surface area contributed by atoms with Crippen LogP contribution >= 0.6 is 22.9 Å². The lowest BCUT2D eigenvalue weighted by molar-refractivity contribution is 0.643. The normalized spacial score (nSPS) is 22.8. The highest BCUT2D eigenvalue weighted by atomic mass is 35.5. The molecule has 0 amide bonds. The molecule has 130 valence electrons. The Morgan fingerprint density at radius 2 is 1.72 bits per heavy atom. The molecule has 3 rings (SSSR count). The summed E-state index contributed by atoms with van der Waals surface area (Å²) < 4.78 is 0. The van der Waals surface area contributed by atoms with Gasteiger partial charge in [-0.3, -0.25) is 9.98 Å². The first-order chi connectivity index (χ1) is 11.9. The molecule has 1 aromatic heterocycles. The summed E-state index contributed by atoms with van der Waals surface area (Å²) in [4.78, 5) is 12.2. The van der Waals surface area contributed by atoms with Gasteiger partial charge in [-0.1, -0.05) is 37.6 Å². The Kier molecular flexibility index (Phi) is 5.26. The van der Waals surface area contributed by atoms with E-state index in [1.54, 1.807) is 0 Å². The third kappa shape index (κ3) is 3.63. The fourth-order valence-electron chi connectivity index (χ4n) is 2.95. The third-order valence-electron chi connectivity index (χ3n) is 4.86. The largest absolute Gasteiger partial charge is 0.264 e. The lowest BCUT2D eigenvalue weighted by Crippen LogP contribution is -2.13. The molecule has 0 aliphatic carbocycles. The molecular weight excluding hydrogens is 348 g/mol. The molecule has 2 aromatic rings. The van der Waals surface area contributed by atoms with Gasteiger partial charge in [-0.2, -0.15) is 0 Å². The van der Waals surface area contributed by atoms with E-state index >= 15 is 0 Å². The second-order valence-corrected chi connectivity index (χ2v) is 8.40. The molecule has 2 unspecified atom stereocenters. The molecule has 0 fully saturated rings. The van der Waals surface area contributed by atoms with E-state index in [9.17, 15) is 0 Å². The van der Waals surface area contributed by atoms with Crippen LogP contribution in [0.2, 0.25) is 5.02 Å². The van der Waals surface area contributed by atoms with E-state index in [2.05, 4.69) is 32.7 Å². The van der Waals surface area contributed by atoms with Gasteiger partial charge in [0.05, 0.1) is 11.4 Å². The van der Waals surface area contributed by atoms with Gasteiger partial charge in [0.2, 0.25) is 0 Å². The van der Waals surface area contributed by atoms with E-state index in [0.717, 1.165) is 22.0 Å². The van der Waals surface area contributed by atoms with Crippen LogP contribution < -0.4 is 0 Å².